The minimum Gasteiger partial charge on any atom is -0.497 e. The monoisotopic (exact) mass is 306 g/mol. The molecule has 1 aromatic carbocycles. The van der Waals surface area contributed by atoms with Gasteiger partial charge in [0.25, 0.3) is 0 Å². The van der Waals surface area contributed by atoms with Crippen LogP contribution in [0, 0.1) is 5.41 Å². The van der Waals surface area contributed by atoms with Crippen LogP contribution in [-0.4, -0.2) is 16.7 Å². The fraction of sp³-hybridized carbons (Fsp3) is 0.588. The van der Waals surface area contributed by atoms with Crippen molar-refractivity contribution in [3.63, 3.8) is 0 Å². The Morgan fingerprint density at radius 3 is 2.90 bits per heavy atom. The zero-order chi connectivity index (χ0) is 15.0. The number of methoxy groups -OCH3 is 1. The Hall–Kier alpha value is -1.22. The van der Waals surface area contributed by atoms with E-state index in [1.54, 1.807) is 7.11 Å². The van der Waals surface area contributed by atoms with Crippen molar-refractivity contribution < 1.29 is 4.74 Å². The first kappa shape index (κ1) is 14.7. The molecule has 1 fully saturated rings. The van der Waals surface area contributed by atoms with E-state index >= 15 is 0 Å². The molecule has 2 aromatic rings. The molecule has 0 amide bonds. The third-order valence-electron chi connectivity index (χ3n) is 4.63. The van der Waals surface area contributed by atoms with Crippen LogP contribution in [0.4, 0.5) is 0 Å². The summed E-state index contributed by atoms with van der Waals surface area (Å²) in [5.74, 6) is 2.30. The summed E-state index contributed by atoms with van der Waals surface area (Å²) in [5.41, 5.74) is 2.55. The Bertz CT molecular complexity index is 648. The van der Waals surface area contributed by atoms with Gasteiger partial charge >= 0.3 is 0 Å². The minimum atomic E-state index is 0.391. The number of rotatable bonds is 3. The number of ether oxygens (including phenoxy) is 1. The molecular weight excluding hydrogens is 284 g/mol. The van der Waals surface area contributed by atoms with E-state index in [0.29, 0.717) is 17.3 Å². The van der Waals surface area contributed by atoms with Crippen molar-refractivity contribution in [2.75, 3.05) is 7.11 Å². The molecule has 1 aromatic heterocycles. The maximum atomic E-state index is 6.15. The summed E-state index contributed by atoms with van der Waals surface area (Å²) < 4.78 is 7.73. The minimum absolute atomic E-state index is 0.391. The van der Waals surface area contributed by atoms with Crippen LogP contribution < -0.4 is 4.74 Å². The van der Waals surface area contributed by atoms with Crippen LogP contribution in [0.15, 0.2) is 18.2 Å². The molecule has 21 heavy (non-hydrogen) atoms. The molecule has 0 spiro atoms. The molecule has 1 unspecified atom stereocenters. The first-order chi connectivity index (χ1) is 10.0. The van der Waals surface area contributed by atoms with E-state index in [4.69, 9.17) is 21.3 Å². The lowest BCUT2D eigenvalue weighted by Crippen LogP contribution is -2.25. The third-order valence-corrected chi connectivity index (χ3v) is 4.87. The Kier molecular flexibility index (Phi) is 3.87. The first-order valence-electron chi connectivity index (χ1n) is 7.65. The lowest BCUT2D eigenvalue weighted by molar-refractivity contribution is 0.184. The molecule has 0 bridgehead atoms. The van der Waals surface area contributed by atoms with Crippen molar-refractivity contribution in [2.45, 2.75) is 51.5 Å². The van der Waals surface area contributed by atoms with Crippen molar-refractivity contribution in [2.24, 2.45) is 5.41 Å². The topological polar surface area (TPSA) is 27.1 Å². The van der Waals surface area contributed by atoms with Crippen LogP contribution in [0.3, 0.4) is 0 Å². The SMILES string of the molecule is COc1ccc2nc(CCl)n(C3CCCC(C)(C)C3)c2c1. The largest absolute Gasteiger partial charge is 0.497 e. The number of alkyl halides is 1. The number of hydrogen-bond acceptors (Lipinski definition) is 2. The van der Waals surface area contributed by atoms with Gasteiger partial charge in [0, 0.05) is 12.1 Å². The number of hydrogen-bond donors (Lipinski definition) is 0. The lowest BCUT2D eigenvalue weighted by atomic mass is 9.75. The smallest absolute Gasteiger partial charge is 0.125 e. The quantitative estimate of drug-likeness (QED) is 0.752. The van der Waals surface area contributed by atoms with Gasteiger partial charge < -0.3 is 9.30 Å². The average Bonchev–Trinajstić information content (AvgIpc) is 2.83. The van der Waals surface area contributed by atoms with E-state index in [9.17, 15) is 0 Å². The van der Waals surface area contributed by atoms with E-state index < -0.39 is 0 Å². The summed E-state index contributed by atoms with van der Waals surface area (Å²) in [4.78, 5) is 4.70. The number of nitrogens with zero attached hydrogens (tertiary/aromatic N) is 2. The summed E-state index contributed by atoms with van der Waals surface area (Å²) >= 11 is 6.15. The van der Waals surface area contributed by atoms with Crippen molar-refractivity contribution in [1.29, 1.82) is 0 Å². The second-order valence-electron chi connectivity index (χ2n) is 6.80. The molecular formula is C17H23ClN2O. The zero-order valence-corrected chi connectivity index (χ0v) is 13.8. The van der Waals surface area contributed by atoms with Gasteiger partial charge in [-0.1, -0.05) is 20.3 Å². The third kappa shape index (κ3) is 2.76. The van der Waals surface area contributed by atoms with Crippen LogP contribution in [0.25, 0.3) is 11.0 Å². The van der Waals surface area contributed by atoms with Gasteiger partial charge in [-0.2, -0.15) is 0 Å². The van der Waals surface area contributed by atoms with Gasteiger partial charge in [0.2, 0.25) is 0 Å². The van der Waals surface area contributed by atoms with Gasteiger partial charge in [-0.3, -0.25) is 0 Å². The Morgan fingerprint density at radius 1 is 1.43 bits per heavy atom. The van der Waals surface area contributed by atoms with E-state index in [-0.39, 0.29) is 0 Å². The molecule has 1 atom stereocenters. The average molecular weight is 307 g/mol. The molecule has 4 heteroatoms. The van der Waals surface area contributed by atoms with Crippen molar-refractivity contribution in [3.8, 4) is 5.75 Å². The molecule has 1 aliphatic rings. The van der Waals surface area contributed by atoms with E-state index in [1.807, 2.05) is 12.1 Å². The number of benzene rings is 1. The maximum absolute atomic E-state index is 6.15. The zero-order valence-electron chi connectivity index (χ0n) is 13.0. The number of fused-ring (bicyclic) bond motifs is 1. The van der Waals surface area contributed by atoms with Crippen LogP contribution in [0.5, 0.6) is 5.75 Å². The number of imidazole rings is 1. The van der Waals surface area contributed by atoms with Crippen molar-refractivity contribution in [1.82, 2.24) is 9.55 Å². The van der Waals surface area contributed by atoms with Gasteiger partial charge in [-0.25, -0.2) is 4.98 Å². The molecule has 0 aliphatic heterocycles. The predicted octanol–water partition coefficient (Wildman–Crippen LogP) is 4.93. The first-order valence-corrected chi connectivity index (χ1v) is 8.18. The van der Waals surface area contributed by atoms with Gasteiger partial charge in [0.1, 0.15) is 11.6 Å². The fourth-order valence-electron chi connectivity index (χ4n) is 3.63. The summed E-state index contributed by atoms with van der Waals surface area (Å²) in [6.45, 7) is 4.72. The van der Waals surface area contributed by atoms with E-state index in [1.165, 1.54) is 25.7 Å². The standard InChI is InChI=1S/C17H23ClN2O/c1-17(2)8-4-5-12(10-17)20-15-9-13(21-3)6-7-14(15)19-16(20)11-18/h6-7,9,12H,4-5,8,10-11H2,1-3H3. The van der Waals surface area contributed by atoms with E-state index in [0.717, 1.165) is 22.6 Å². The van der Waals surface area contributed by atoms with Crippen LogP contribution >= 0.6 is 11.6 Å². The van der Waals surface area contributed by atoms with Crippen molar-refractivity contribution >= 4 is 22.6 Å². The molecule has 0 N–H and O–H groups in total. The molecule has 3 nitrogen and oxygen atoms in total. The Balaban J connectivity index is 2.10. The van der Waals surface area contributed by atoms with E-state index in [2.05, 4.69) is 24.5 Å². The second-order valence-corrected chi connectivity index (χ2v) is 7.07. The number of aromatic nitrogens is 2. The second kappa shape index (κ2) is 5.53. The highest BCUT2D eigenvalue weighted by Gasteiger charge is 2.30. The highest BCUT2D eigenvalue weighted by molar-refractivity contribution is 6.16. The van der Waals surface area contributed by atoms with Gasteiger partial charge in [0.05, 0.1) is 24.0 Å². The summed E-state index contributed by atoms with van der Waals surface area (Å²) in [7, 11) is 1.70. The number of halogens is 1. The summed E-state index contributed by atoms with van der Waals surface area (Å²) in [5, 5.41) is 0. The van der Waals surface area contributed by atoms with Crippen LogP contribution in [0.2, 0.25) is 0 Å². The normalized spacial score (nSPS) is 21.6. The molecule has 0 radical (unpaired) electrons. The predicted molar refractivity (Wildman–Crippen MR) is 87.1 cm³/mol. The fourth-order valence-corrected chi connectivity index (χ4v) is 3.82. The highest BCUT2D eigenvalue weighted by atomic mass is 35.5. The molecule has 1 saturated carbocycles. The van der Waals surface area contributed by atoms with Gasteiger partial charge in [0.15, 0.2) is 0 Å². The molecule has 114 valence electrons. The Labute approximate surface area is 131 Å². The molecule has 1 heterocycles. The van der Waals surface area contributed by atoms with Gasteiger partial charge in [-0.15, -0.1) is 11.6 Å². The van der Waals surface area contributed by atoms with Crippen LogP contribution in [-0.2, 0) is 5.88 Å². The van der Waals surface area contributed by atoms with Gasteiger partial charge in [-0.05, 0) is 36.8 Å². The highest BCUT2D eigenvalue weighted by Crippen LogP contribution is 2.42. The lowest BCUT2D eigenvalue weighted by Gasteiger charge is -2.36. The molecule has 3 rings (SSSR count). The van der Waals surface area contributed by atoms with Crippen molar-refractivity contribution in [3.05, 3.63) is 24.0 Å². The maximum Gasteiger partial charge on any atom is 0.125 e. The Morgan fingerprint density at radius 2 is 2.24 bits per heavy atom. The van der Waals surface area contributed by atoms with Crippen LogP contribution in [0.1, 0.15) is 51.4 Å². The summed E-state index contributed by atoms with van der Waals surface area (Å²) in [6, 6.07) is 6.55. The molecule has 1 aliphatic carbocycles. The summed E-state index contributed by atoms with van der Waals surface area (Å²) in [6.07, 6.45) is 4.95. The molecule has 0 saturated heterocycles.